The fraction of sp³-hybridized carbons (Fsp3) is 0.966. The van der Waals surface area contributed by atoms with Gasteiger partial charge in [-0.3, -0.25) is 18.6 Å². The van der Waals surface area contributed by atoms with E-state index in [0.29, 0.717) is 17.4 Å². The van der Waals surface area contributed by atoms with Gasteiger partial charge < -0.3 is 18.9 Å². The van der Waals surface area contributed by atoms with Crippen LogP contribution in [0.15, 0.2) is 0 Å². The lowest BCUT2D eigenvalue weighted by Gasteiger charge is -2.24. The van der Waals surface area contributed by atoms with Gasteiger partial charge in [-0.1, -0.05) is 284 Å². The van der Waals surface area contributed by atoms with Crippen molar-refractivity contribution in [3.05, 3.63) is 0 Å². The minimum atomic E-state index is -4.37. The first-order valence-corrected chi connectivity index (χ1v) is 31.3. The van der Waals surface area contributed by atoms with Crippen LogP contribution < -0.4 is 0 Å². The number of hydrogen-bond donors (Lipinski definition) is 1. The van der Waals surface area contributed by atoms with Crippen LogP contribution in [-0.4, -0.2) is 74.9 Å². The Hall–Kier alpha value is -0.990. The monoisotopic (exact) mass is 987 g/mol. The summed E-state index contributed by atoms with van der Waals surface area (Å²) in [4.78, 5) is 35.4. The average molecular weight is 988 g/mol. The molecule has 0 aromatic heterocycles. The summed E-state index contributed by atoms with van der Waals surface area (Å²) in [7, 11) is 1.50. The third-order valence-corrected chi connectivity index (χ3v) is 14.6. The summed E-state index contributed by atoms with van der Waals surface area (Å²) in [5.41, 5.74) is 0. The normalized spacial score (nSPS) is 13.2. The van der Waals surface area contributed by atoms with E-state index in [-0.39, 0.29) is 25.6 Å². The number of carbonyl (C=O) groups excluding carboxylic acids is 2. The first-order chi connectivity index (χ1) is 33.0. The molecule has 2 atom stereocenters. The standard InChI is InChI=1S/C58H116NO8P/c1-6-8-10-12-14-16-17-18-19-20-21-22-23-24-25-26-27-28-29-30-31-32-33-34-35-36-37-38-39-40-41-42-43-45-47-49-51-58(61)67-56(55-66-68(62,63)65-53-52-59(3,4)5)54-64-57(60)50-48-46-44-15-13-11-9-7-2/h56H,6-55H2,1-5H3/p+1. The Balaban J connectivity index is 3.78. The Morgan fingerprint density at radius 1 is 0.397 bits per heavy atom. The highest BCUT2D eigenvalue weighted by Crippen LogP contribution is 2.43. The molecule has 0 aromatic rings. The van der Waals surface area contributed by atoms with Crippen LogP contribution in [0.2, 0.25) is 0 Å². The number of esters is 2. The molecule has 10 heteroatoms. The smallest absolute Gasteiger partial charge is 0.462 e. The largest absolute Gasteiger partial charge is 0.472 e. The summed E-state index contributed by atoms with van der Waals surface area (Å²) in [5, 5.41) is 0. The number of phosphoric ester groups is 1. The molecule has 0 aliphatic heterocycles. The zero-order valence-electron chi connectivity index (χ0n) is 46.1. The van der Waals surface area contributed by atoms with Crippen molar-refractivity contribution in [1.82, 2.24) is 0 Å². The van der Waals surface area contributed by atoms with Gasteiger partial charge in [-0.05, 0) is 12.8 Å². The van der Waals surface area contributed by atoms with Crippen molar-refractivity contribution in [2.75, 3.05) is 47.5 Å². The van der Waals surface area contributed by atoms with Crippen molar-refractivity contribution in [3.8, 4) is 0 Å². The molecular formula is C58H117NO8P+. The van der Waals surface area contributed by atoms with Gasteiger partial charge in [-0.25, -0.2) is 4.57 Å². The van der Waals surface area contributed by atoms with Gasteiger partial charge in [-0.15, -0.1) is 0 Å². The Labute approximate surface area is 423 Å². The van der Waals surface area contributed by atoms with Gasteiger partial charge in [0.1, 0.15) is 19.8 Å². The van der Waals surface area contributed by atoms with Gasteiger partial charge in [0.2, 0.25) is 0 Å². The SMILES string of the molecule is CCCCCCCCCCCCCCCCCCCCCCCCCCCCCCCCCCCCCCC(=O)OC(COC(=O)CCCCCCCCCC)COP(=O)(O)OCC[N+](C)(C)C. The van der Waals surface area contributed by atoms with Crippen LogP contribution in [0, 0.1) is 0 Å². The maximum Gasteiger partial charge on any atom is 0.472 e. The quantitative estimate of drug-likeness (QED) is 0.0278. The Morgan fingerprint density at radius 3 is 0.941 bits per heavy atom. The molecule has 2 unspecified atom stereocenters. The van der Waals surface area contributed by atoms with Crippen molar-refractivity contribution in [1.29, 1.82) is 0 Å². The van der Waals surface area contributed by atoms with Crippen LogP contribution in [-0.2, 0) is 32.7 Å². The van der Waals surface area contributed by atoms with Crippen molar-refractivity contribution in [2.24, 2.45) is 0 Å². The molecule has 1 N–H and O–H groups in total. The van der Waals surface area contributed by atoms with Crippen LogP contribution in [0.25, 0.3) is 0 Å². The molecule has 0 spiro atoms. The lowest BCUT2D eigenvalue weighted by molar-refractivity contribution is -0.870. The topological polar surface area (TPSA) is 108 Å². The maximum absolute atomic E-state index is 12.7. The van der Waals surface area contributed by atoms with Crippen molar-refractivity contribution >= 4 is 19.8 Å². The van der Waals surface area contributed by atoms with Crippen LogP contribution in [0.4, 0.5) is 0 Å². The molecule has 0 saturated heterocycles. The predicted octanol–water partition coefficient (Wildman–Crippen LogP) is 18.3. The van der Waals surface area contributed by atoms with E-state index < -0.39 is 26.5 Å². The van der Waals surface area contributed by atoms with Crippen molar-refractivity contribution in [3.63, 3.8) is 0 Å². The molecule has 68 heavy (non-hydrogen) atoms. The molecule has 0 rings (SSSR count). The number of ether oxygens (including phenoxy) is 2. The number of nitrogens with zero attached hydrogens (tertiary/aromatic N) is 1. The molecule has 9 nitrogen and oxygen atoms in total. The second-order valence-electron chi connectivity index (χ2n) is 21.8. The molecule has 406 valence electrons. The molecule has 0 bridgehead atoms. The van der Waals surface area contributed by atoms with Gasteiger partial charge in [0.25, 0.3) is 0 Å². The number of rotatable bonds is 56. The van der Waals surface area contributed by atoms with E-state index in [1.807, 2.05) is 21.1 Å². The number of quaternary nitrogens is 1. The van der Waals surface area contributed by atoms with E-state index >= 15 is 0 Å². The summed E-state index contributed by atoms with van der Waals surface area (Å²) in [6, 6.07) is 0. The molecule has 0 aliphatic rings. The molecule has 0 saturated carbocycles. The lowest BCUT2D eigenvalue weighted by Crippen LogP contribution is -2.37. The summed E-state index contributed by atoms with van der Waals surface area (Å²) in [6.45, 7) is 4.45. The highest BCUT2D eigenvalue weighted by molar-refractivity contribution is 7.47. The molecule has 0 radical (unpaired) electrons. The number of carbonyl (C=O) groups is 2. The van der Waals surface area contributed by atoms with Crippen LogP contribution in [0.5, 0.6) is 0 Å². The van der Waals surface area contributed by atoms with Gasteiger partial charge in [0.05, 0.1) is 27.7 Å². The summed E-state index contributed by atoms with van der Waals surface area (Å²) < 4.78 is 34.4. The first-order valence-electron chi connectivity index (χ1n) is 29.8. The minimum absolute atomic E-state index is 0.0368. The van der Waals surface area contributed by atoms with E-state index in [4.69, 9.17) is 18.5 Å². The Kier molecular flexibility index (Phi) is 50.2. The third kappa shape index (κ3) is 54.3. The third-order valence-electron chi connectivity index (χ3n) is 13.6. The summed E-state index contributed by atoms with van der Waals surface area (Å²) in [6.07, 6.45) is 58.1. The molecule has 0 aliphatic carbocycles. The highest BCUT2D eigenvalue weighted by atomic mass is 31.2. The average Bonchev–Trinajstić information content (AvgIpc) is 3.30. The maximum atomic E-state index is 12.7. The zero-order valence-corrected chi connectivity index (χ0v) is 47.0. The summed E-state index contributed by atoms with van der Waals surface area (Å²) in [5.74, 6) is -0.784. The van der Waals surface area contributed by atoms with E-state index in [1.54, 1.807) is 0 Å². The van der Waals surface area contributed by atoms with Crippen molar-refractivity contribution < 1.29 is 42.1 Å². The van der Waals surface area contributed by atoms with E-state index in [0.717, 1.165) is 38.5 Å². The van der Waals surface area contributed by atoms with Crippen LogP contribution >= 0.6 is 7.82 Å². The first kappa shape index (κ1) is 67.0. The number of unbranched alkanes of at least 4 members (excludes halogenated alkanes) is 42. The number of hydrogen-bond acceptors (Lipinski definition) is 7. The molecule has 0 fully saturated rings. The van der Waals surface area contributed by atoms with Crippen molar-refractivity contribution in [2.45, 2.75) is 315 Å². The predicted molar refractivity (Wildman–Crippen MR) is 289 cm³/mol. The molecule has 0 heterocycles. The molecule has 0 amide bonds. The van der Waals surface area contributed by atoms with Crippen LogP contribution in [0.1, 0.15) is 309 Å². The Morgan fingerprint density at radius 2 is 0.662 bits per heavy atom. The van der Waals surface area contributed by atoms with Gasteiger partial charge in [0, 0.05) is 12.8 Å². The van der Waals surface area contributed by atoms with Gasteiger partial charge >= 0.3 is 19.8 Å². The van der Waals surface area contributed by atoms with Gasteiger partial charge in [-0.2, -0.15) is 0 Å². The second-order valence-corrected chi connectivity index (χ2v) is 23.2. The van der Waals surface area contributed by atoms with E-state index in [1.165, 1.54) is 244 Å². The number of phosphoric acid groups is 1. The van der Waals surface area contributed by atoms with Gasteiger partial charge in [0.15, 0.2) is 6.10 Å². The number of likely N-dealkylation sites (N-methyl/N-ethyl adjacent to an activating group) is 1. The Bertz CT molecular complexity index is 1120. The fourth-order valence-electron chi connectivity index (χ4n) is 9.02. The zero-order chi connectivity index (χ0) is 49.9. The molecular weight excluding hydrogens is 870 g/mol. The minimum Gasteiger partial charge on any atom is -0.462 e. The second kappa shape index (κ2) is 50.9. The highest BCUT2D eigenvalue weighted by Gasteiger charge is 2.27. The van der Waals surface area contributed by atoms with E-state index in [9.17, 15) is 19.0 Å². The molecule has 0 aromatic carbocycles. The van der Waals surface area contributed by atoms with Crippen LogP contribution in [0.3, 0.4) is 0 Å². The summed E-state index contributed by atoms with van der Waals surface area (Å²) >= 11 is 0. The van der Waals surface area contributed by atoms with E-state index in [2.05, 4.69) is 13.8 Å². The fourth-order valence-corrected chi connectivity index (χ4v) is 9.76. The lowest BCUT2D eigenvalue weighted by atomic mass is 10.0.